The number of hydrogen-bond acceptors (Lipinski definition) is 9. The minimum absolute atomic E-state index is 0.0905. The third-order valence-corrected chi connectivity index (χ3v) is 5.45. The fraction of sp³-hybridized carbons (Fsp3) is 0.316. The molecular weight excluding hydrogens is 430 g/mol. The maximum Gasteiger partial charge on any atom is 0.295 e. The molecule has 1 N–H and O–H groups in total. The molecule has 11 heteroatoms. The van der Waals surface area contributed by atoms with Crippen LogP contribution in [0.3, 0.4) is 0 Å². The van der Waals surface area contributed by atoms with Gasteiger partial charge in [-0.3, -0.25) is 15.1 Å². The van der Waals surface area contributed by atoms with Gasteiger partial charge in [0.2, 0.25) is 5.13 Å². The summed E-state index contributed by atoms with van der Waals surface area (Å²) >= 11 is 7.19. The van der Waals surface area contributed by atoms with Crippen molar-refractivity contribution < 1.29 is 19.0 Å². The molecule has 9 nitrogen and oxygen atoms in total. The molecular formula is C19H18ClN5O4S. The van der Waals surface area contributed by atoms with Crippen molar-refractivity contribution in [1.29, 1.82) is 0 Å². The normalized spacial score (nSPS) is 15.4. The Hall–Kier alpha value is -2.82. The minimum atomic E-state index is -0.409. The third kappa shape index (κ3) is 4.35. The molecule has 1 aliphatic heterocycles. The fourth-order valence-electron chi connectivity index (χ4n) is 2.92. The lowest BCUT2D eigenvalue weighted by Crippen LogP contribution is -2.32. The highest BCUT2D eigenvalue weighted by Crippen LogP contribution is 2.36. The van der Waals surface area contributed by atoms with Gasteiger partial charge in [-0.25, -0.2) is 4.98 Å². The van der Waals surface area contributed by atoms with E-state index in [1.54, 1.807) is 25.3 Å². The number of methoxy groups -OCH3 is 1. The number of amides is 1. The predicted molar refractivity (Wildman–Crippen MR) is 111 cm³/mol. The summed E-state index contributed by atoms with van der Waals surface area (Å²) in [4.78, 5) is 21.3. The maximum atomic E-state index is 13.0. The Kier molecular flexibility index (Phi) is 6.07. The molecule has 1 aliphatic rings. The van der Waals surface area contributed by atoms with Crippen molar-refractivity contribution in [2.75, 3.05) is 25.6 Å². The van der Waals surface area contributed by atoms with E-state index in [2.05, 4.69) is 25.5 Å². The lowest BCUT2D eigenvalue weighted by molar-refractivity contribution is -0.0721. The molecule has 156 valence electrons. The smallest absolute Gasteiger partial charge is 0.295 e. The quantitative estimate of drug-likeness (QED) is 0.549. The van der Waals surface area contributed by atoms with Crippen LogP contribution in [0.25, 0.3) is 11.1 Å². The number of halogens is 1. The van der Waals surface area contributed by atoms with E-state index >= 15 is 0 Å². The SMILES string of the molecule is COc1c(C)ncc(C(=O)Nc2nnc(OC[C@@H]3CCO3)s2)c1-c1ccnc(Cl)c1. The van der Waals surface area contributed by atoms with Gasteiger partial charge in [0.25, 0.3) is 11.1 Å². The van der Waals surface area contributed by atoms with Crippen LogP contribution in [-0.4, -0.2) is 52.5 Å². The van der Waals surface area contributed by atoms with Crippen molar-refractivity contribution in [3.63, 3.8) is 0 Å². The van der Waals surface area contributed by atoms with Crippen LogP contribution in [0.1, 0.15) is 22.5 Å². The number of aryl methyl sites for hydroxylation is 1. The van der Waals surface area contributed by atoms with Gasteiger partial charge in [0.1, 0.15) is 17.5 Å². The Bertz CT molecular complexity index is 1070. The number of carbonyl (C=O) groups is 1. The van der Waals surface area contributed by atoms with Gasteiger partial charge < -0.3 is 14.2 Å². The number of nitrogens with zero attached hydrogens (tertiary/aromatic N) is 4. The zero-order chi connectivity index (χ0) is 21.1. The number of aromatic nitrogens is 4. The maximum absolute atomic E-state index is 13.0. The van der Waals surface area contributed by atoms with Crippen LogP contribution in [-0.2, 0) is 4.74 Å². The van der Waals surface area contributed by atoms with E-state index in [0.29, 0.717) is 50.2 Å². The second-order valence-electron chi connectivity index (χ2n) is 6.45. The fourth-order valence-corrected chi connectivity index (χ4v) is 3.69. The summed E-state index contributed by atoms with van der Waals surface area (Å²) in [6.07, 6.45) is 4.11. The van der Waals surface area contributed by atoms with E-state index in [4.69, 9.17) is 25.8 Å². The molecule has 0 saturated carbocycles. The molecule has 1 saturated heterocycles. The van der Waals surface area contributed by atoms with Gasteiger partial charge >= 0.3 is 0 Å². The van der Waals surface area contributed by atoms with Gasteiger partial charge in [0, 0.05) is 31.0 Å². The highest BCUT2D eigenvalue weighted by Gasteiger charge is 2.23. The van der Waals surface area contributed by atoms with Gasteiger partial charge in [-0.1, -0.05) is 16.7 Å². The second-order valence-corrected chi connectivity index (χ2v) is 7.78. The number of carbonyl (C=O) groups excluding carboxylic acids is 1. The standard InChI is InChI=1S/C19H18ClN5O4S/c1-10-16(27-2)15(11-3-5-21-14(20)7-11)13(8-22-10)17(26)23-18-24-25-19(30-18)29-9-12-4-6-28-12/h3,5,7-8,12H,4,6,9H2,1-2H3,(H,23,24,26)/t12-/m0/s1. The van der Waals surface area contributed by atoms with E-state index in [0.717, 1.165) is 24.4 Å². The molecule has 1 amide bonds. The molecule has 4 heterocycles. The van der Waals surface area contributed by atoms with E-state index in [-0.39, 0.29) is 6.10 Å². The van der Waals surface area contributed by atoms with E-state index in [1.165, 1.54) is 13.3 Å². The number of nitrogens with one attached hydrogen (secondary N) is 1. The summed E-state index contributed by atoms with van der Waals surface area (Å²) in [6, 6.07) is 3.41. The van der Waals surface area contributed by atoms with Gasteiger partial charge in [0.05, 0.1) is 24.5 Å². The first-order valence-electron chi connectivity index (χ1n) is 9.10. The number of pyridine rings is 2. The molecule has 0 radical (unpaired) electrons. The summed E-state index contributed by atoms with van der Waals surface area (Å²) < 4.78 is 16.4. The van der Waals surface area contributed by atoms with Crippen molar-refractivity contribution in [3.8, 4) is 22.1 Å². The van der Waals surface area contributed by atoms with Crippen LogP contribution in [0.2, 0.25) is 5.15 Å². The van der Waals surface area contributed by atoms with Gasteiger partial charge in [-0.15, -0.1) is 5.10 Å². The van der Waals surface area contributed by atoms with Crippen molar-refractivity contribution in [2.24, 2.45) is 0 Å². The number of ether oxygens (including phenoxy) is 3. The van der Waals surface area contributed by atoms with Crippen LogP contribution in [0, 0.1) is 6.92 Å². The Balaban J connectivity index is 1.58. The largest absolute Gasteiger partial charge is 0.494 e. The first-order valence-corrected chi connectivity index (χ1v) is 10.3. The lowest BCUT2D eigenvalue weighted by atomic mass is 9.99. The monoisotopic (exact) mass is 447 g/mol. The molecule has 0 unspecified atom stereocenters. The Morgan fingerprint density at radius 1 is 1.40 bits per heavy atom. The molecule has 0 aromatic carbocycles. The Labute approximate surface area is 181 Å². The van der Waals surface area contributed by atoms with Crippen LogP contribution in [0.5, 0.6) is 10.9 Å². The van der Waals surface area contributed by atoms with Crippen LogP contribution in [0.4, 0.5) is 5.13 Å². The van der Waals surface area contributed by atoms with Crippen molar-refractivity contribution >= 4 is 34.0 Å². The lowest BCUT2D eigenvalue weighted by Gasteiger charge is -2.25. The van der Waals surface area contributed by atoms with E-state index in [1.807, 2.05) is 0 Å². The molecule has 4 rings (SSSR count). The van der Waals surface area contributed by atoms with Crippen LogP contribution >= 0.6 is 22.9 Å². The first kappa shape index (κ1) is 20.5. The summed E-state index contributed by atoms with van der Waals surface area (Å²) in [6.45, 7) is 2.96. The average molecular weight is 448 g/mol. The van der Waals surface area contributed by atoms with Crippen LogP contribution < -0.4 is 14.8 Å². The zero-order valence-corrected chi connectivity index (χ0v) is 17.8. The summed E-state index contributed by atoms with van der Waals surface area (Å²) in [5.74, 6) is 0.0699. The molecule has 1 fully saturated rings. The molecule has 0 bridgehead atoms. The van der Waals surface area contributed by atoms with Gasteiger partial charge in [-0.2, -0.15) is 0 Å². The highest BCUT2D eigenvalue weighted by molar-refractivity contribution is 7.17. The average Bonchev–Trinajstić information content (AvgIpc) is 3.13. The second kappa shape index (κ2) is 8.90. The van der Waals surface area contributed by atoms with Crippen molar-refractivity contribution in [1.82, 2.24) is 20.2 Å². The molecule has 3 aromatic rings. The molecule has 30 heavy (non-hydrogen) atoms. The number of anilines is 1. The molecule has 1 atom stereocenters. The van der Waals surface area contributed by atoms with Crippen LogP contribution in [0.15, 0.2) is 24.5 Å². The summed E-state index contributed by atoms with van der Waals surface area (Å²) in [5.41, 5.74) is 2.20. The Morgan fingerprint density at radius 3 is 2.93 bits per heavy atom. The molecule has 0 spiro atoms. The van der Waals surface area contributed by atoms with E-state index in [9.17, 15) is 4.79 Å². The topological polar surface area (TPSA) is 108 Å². The molecule has 3 aromatic heterocycles. The van der Waals surface area contributed by atoms with Crippen molar-refractivity contribution in [2.45, 2.75) is 19.4 Å². The number of hydrogen-bond donors (Lipinski definition) is 1. The highest BCUT2D eigenvalue weighted by atomic mass is 35.5. The van der Waals surface area contributed by atoms with Crippen molar-refractivity contribution in [3.05, 3.63) is 40.9 Å². The minimum Gasteiger partial charge on any atom is -0.494 e. The molecule has 0 aliphatic carbocycles. The Morgan fingerprint density at radius 2 is 2.23 bits per heavy atom. The third-order valence-electron chi connectivity index (χ3n) is 4.49. The van der Waals surface area contributed by atoms with Gasteiger partial charge in [0.15, 0.2) is 0 Å². The first-order chi connectivity index (χ1) is 14.5. The van der Waals surface area contributed by atoms with E-state index < -0.39 is 5.91 Å². The summed E-state index contributed by atoms with van der Waals surface area (Å²) in [7, 11) is 1.53. The predicted octanol–water partition coefficient (Wildman–Crippen LogP) is 3.39. The number of rotatable bonds is 7. The van der Waals surface area contributed by atoms with Gasteiger partial charge in [-0.05, 0) is 36.0 Å². The zero-order valence-electron chi connectivity index (χ0n) is 16.2. The summed E-state index contributed by atoms with van der Waals surface area (Å²) in [5, 5.41) is 11.6.